The third-order valence-electron chi connectivity index (χ3n) is 4.56. The molecular formula is C23H31N3O3. The maximum Gasteiger partial charge on any atom is 0.243 e. The molecule has 0 fully saturated rings. The van der Waals surface area contributed by atoms with Crippen molar-refractivity contribution in [1.29, 1.82) is 0 Å². The number of hydrogen-bond acceptors (Lipinski definition) is 4. The van der Waals surface area contributed by atoms with Gasteiger partial charge in [-0.15, -0.1) is 0 Å². The minimum atomic E-state index is -0.143. The number of nitrogens with zero attached hydrogens (tertiary/aromatic N) is 1. The molecule has 0 aliphatic carbocycles. The van der Waals surface area contributed by atoms with Crippen molar-refractivity contribution in [2.45, 2.75) is 39.5 Å². The third-order valence-corrected chi connectivity index (χ3v) is 4.56. The lowest BCUT2D eigenvalue weighted by molar-refractivity contribution is -0.116. The molecule has 0 radical (unpaired) electrons. The first-order chi connectivity index (χ1) is 14.0. The van der Waals surface area contributed by atoms with E-state index in [9.17, 15) is 9.59 Å². The Morgan fingerprint density at radius 1 is 1.00 bits per heavy atom. The molecule has 0 aromatic heterocycles. The number of rotatable bonds is 11. The number of amides is 2. The van der Waals surface area contributed by atoms with Gasteiger partial charge in [0.05, 0.1) is 13.2 Å². The minimum absolute atomic E-state index is 0.0303. The van der Waals surface area contributed by atoms with Crippen LogP contribution in [0.5, 0.6) is 5.75 Å². The molecule has 0 aliphatic heterocycles. The van der Waals surface area contributed by atoms with E-state index in [2.05, 4.69) is 17.6 Å². The molecular weight excluding hydrogens is 366 g/mol. The van der Waals surface area contributed by atoms with E-state index in [1.165, 1.54) is 26.2 Å². The average Bonchev–Trinajstić information content (AvgIpc) is 2.72. The van der Waals surface area contributed by atoms with Crippen molar-refractivity contribution in [3.05, 3.63) is 48.5 Å². The molecule has 0 heterocycles. The van der Waals surface area contributed by atoms with E-state index in [1.54, 1.807) is 11.9 Å². The Labute approximate surface area is 173 Å². The van der Waals surface area contributed by atoms with Gasteiger partial charge in [0.25, 0.3) is 0 Å². The van der Waals surface area contributed by atoms with Crippen LogP contribution in [-0.4, -0.2) is 32.0 Å². The van der Waals surface area contributed by atoms with Crippen LogP contribution in [0.25, 0.3) is 0 Å². The summed E-state index contributed by atoms with van der Waals surface area (Å²) in [5.41, 5.74) is 2.32. The maximum atomic E-state index is 12.2. The highest BCUT2D eigenvalue weighted by molar-refractivity contribution is 5.94. The molecule has 2 amide bonds. The van der Waals surface area contributed by atoms with Gasteiger partial charge >= 0.3 is 0 Å². The van der Waals surface area contributed by atoms with Gasteiger partial charge in [-0.05, 0) is 42.8 Å². The van der Waals surface area contributed by atoms with Crippen molar-refractivity contribution in [2.24, 2.45) is 0 Å². The number of carbonyl (C=O) groups is 2. The van der Waals surface area contributed by atoms with Gasteiger partial charge in [-0.25, -0.2) is 0 Å². The van der Waals surface area contributed by atoms with Crippen LogP contribution in [-0.2, 0) is 9.59 Å². The smallest absolute Gasteiger partial charge is 0.243 e. The third kappa shape index (κ3) is 7.86. The van der Waals surface area contributed by atoms with Crippen molar-refractivity contribution in [3.63, 3.8) is 0 Å². The predicted molar refractivity (Wildman–Crippen MR) is 119 cm³/mol. The Morgan fingerprint density at radius 2 is 1.76 bits per heavy atom. The van der Waals surface area contributed by atoms with E-state index in [-0.39, 0.29) is 18.4 Å². The fourth-order valence-corrected chi connectivity index (χ4v) is 2.75. The summed E-state index contributed by atoms with van der Waals surface area (Å²) in [6.45, 7) is 4.53. The largest absolute Gasteiger partial charge is 0.494 e. The Balaban J connectivity index is 1.79. The van der Waals surface area contributed by atoms with E-state index < -0.39 is 0 Å². The number of unbranched alkanes of at least 4 members (excludes halogenated alkanes) is 3. The lowest BCUT2D eigenvalue weighted by Gasteiger charge is -2.15. The standard InChI is InChI=1S/C23H31N3O3/c1-4-5-6-7-15-29-22-10-8-9-20(16-22)25-23(28)17-24-19-11-13-21(14-12-19)26(3)18(2)27/h8-14,16,24H,4-7,15,17H2,1-3H3,(H,25,28). The van der Waals surface area contributed by atoms with Crippen LogP contribution in [0.3, 0.4) is 0 Å². The second-order valence-electron chi connectivity index (χ2n) is 6.96. The van der Waals surface area contributed by atoms with E-state index in [0.29, 0.717) is 12.3 Å². The highest BCUT2D eigenvalue weighted by Crippen LogP contribution is 2.19. The Kier molecular flexibility index (Phi) is 9.02. The van der Waals surface area contributed by atoms with Crippen molar-refractivity contribution in [2.75, 3.05) is 35.7 Å². The molecule has 0 atom stereocenters. The molecule has 2 aromatic rings. The quantitative estimate of drug-likeness (QED) is 0.540. The summed E-state index contributed by atoms with van der Waals surface area (Å²) in [5, 5.41) is 5.96. The lowest BCUT2D eigenvalue weighted by Crippen LogP contribution is -2.23. The van der Waals surface area contributed by atoms with Crippen LogP contribution in [0.15, 0.2) is 48.5 Å². The normalized spacial score (nSPS) is 10.3. The second-order valence-corrected chi connectivity index (χ2v) is 6.96. The molecule has 2 N–H and O–H groups in total. The number of ether oxygens (including phenoxy) is 1. The average molecular weight is 398 g/mol. The summed E-state index contributed by atoms with van der Waals surface area (Å²) in [6.07, 6.45) is 4.64. The summed E-state index contributed by atoms with van der Waals surface area (Å²) in [7, 11) is 1.72. The Morgan fingerprint density at radius 3 is 2.45 bits per heavy atom. The van der Waals surface area contributed by atoms with Gasteiger partial charge in [0.1, 0.15) is 5.75 Å². The summed E-state index contributed by atoms with van der Waals surface area (Å²) >= 11 is 0. The van der Waals surface area contributed by atoms with Gasteiger partial charge < -0.3 is 20.3 Å². The molecule has 156 valence electrons. The fraction of sp³-hybridized carbons (Fsp3) is 0.391. The van der Waals surface area contributed by atoms with Crippen molar-refractivity contribution < 1.29 is 14.3 Å². The van der Waals surface area contributed by atoms with Gasteiger partial charge in [0.15, 0.2) is 0 Å². The molecule has 0 spiro atoms. The van der Waals surface area contributed by atoms with Crippen LogP contribution in [0, 0.1) is 0 Å². The van der Waals surface area contributed by atoms with E-state index >= 15 is 0 Å². The molecule has 6 nitrogen and oxygen atoms in total. The molecule has 0 aliphatic rings. The number of hydrogen-bond donors (Lipinski definition) is 2. The molecule has 0 unspecified atom stereocenters. The Bertz CT molecular complexity index is 790. The number of benzene rings is 2. The van der Waals surface area contributed by atoms with Gasteiger partial charge in [-0.3, -0.25) is 9.59 Å². The van der Waals surface area contributed by atoms with Gasteiger partial charge in [-0.2, -0.15) is 0 Å². The zero-order valence-electron chi connectivity index (χ0n) is 17.5. The van der Waals surface area contributed by atoms with E-state index in [4.69, 9.17) is 4.74 Å². The zero-order chi connectivity index (χ0) is 21.1. The first-order valence-corrected chi connectivity index (χ1v) is 10.1. The highest BCUT2D eigenvalue weighted by Gasteiger charge is 2.06. The molecule has 2 aromatic carbocycles. The van der Waals surface area contributed by atoms with Gasteiger partial charge in [-0.1, -0.05) is 32.3 Å². The second kappa shape index (κ2) is 11.7. The molecule has 0 saturated heterocycles. The van der Waals surface area contributed by atoms with E-state index in [1.807, 2.05) is 48.5 Å². The molecule has 2 rings (SSSR count). The summed E-state index contributed by atoms with van der Waals surface area (Å²) < 4.78 is 5.76. The van der Waals surface area contributed by atoms with Crippen LogP contribution in [0.1, 0.15) is 39.5 Å². The molecule has 0 saturated carbocycles. The molecule has 29 heavy (non-hydrogen) atoms. The minimum Gasteiger partial charge on any atom is -0.494 e. The van der Waals surface area contributed by atoms with Crippen molar-refractivity contribution >= 4 is 28.9 Å². The Hall–Kier alpha value is -3.02. The predicted octanol–water partition coefficient (Wildman–Crippen LogP) is 4.68. The number of anilines is 3. The monoisotopic (exact) mass is 397 g/mol. The first-order valence-electron chi connectivity index (χ1n) is 10.1. The van der Waals surface area contributed by atoms with Crippen molar-refractivity contribution in [3.8, 4) is 5.75 Å². The highest BCUT2D eigenvalue weighted by atomic mass is 16.5. The number of carbonyl (C=O) groups excluding carboxylic acids is 2. The van der Waals surface area contributed by atoms with Crippen LogP contribution in [0.4, 0.5) is 17.1 Å². The summed E-state index contributed by atoms with van der Waals surface area (Å²) in [5.74, 6) is 0.588. The van der Waals surface area contributed by atoms with Gasteiger partial charge in [0, 0.05) is 37.1 Å². The summed E-state index contributed by atoms with van der Waals surface area (Å²) in [6, 6.07) is 14.8. The van der Waals surface area contributed by atoms with Crippen LogP contribution < -0.4 is 20.3 Å². The number of nitrogens with one attached hydrogen (secondary N) is 2. The van der Waals surface area contributed by atoms with Crippen molar-refractivity contribution in [1.82, 2.24) is 0 Å². The zero-order valence-corrected chi connectivity index (χ0v) is 17.5. The van der Waals surface area contributed by atoms with E-state index in [0.717, 1.165) is 23.5 Å². The van der Waals surface area contributed by atoms with Crippen LogP contribution in [0.2, 0.25) is 0 Å². The lowest BCUT2D eigenvalue weighted by atomic mass is 10.2. The summed E-state index contributed by atoms with van der Waals surface area (Å²) in [4.78, 5) is 25.2. The SMILES string of the molecule is CCCCCCOc1cccc(NC(=O)CNc2ccc(N(C)C(C)=O)cc2)c1. The topological polar surface area (TPSA) is 70.7 Å². The molecule has 0 bridgehead atoms. The van der Waals surface area contributed by atoms with Crippen LogP contribution >= 0.6 is 0 Å². The maximum absolute atomic E-state index is 12.2. The fourth-order valence-electron chi connectivity index (χ4n) is 2.75. The molecule has 6 heteroatoms. The first kappa shape index (κ1) is 22.3. The van der Waals surface area contributed by atoms with Gasteiger partial charge in [0.2, 0.25) is 11.8 Å².